The minimum atomic E-state index is -3.81. The summed E-state index contributed by atoms with van der Waals surface area (Å²) in [6, 6.07) is 20.9. The Kier molecular flexibility index (Phi) is 7.33. The summed E-state index contributed by atoms with van der Waals surface area (Å²) in [6.45, 7) is 4.16. The van der Waals surface area contributed by atoms with Gasteiger partial charge in [0.05, 0.1) is 10.5 Å². The summed E-state index contributed by atoms with van der Waals surface area (Å²) in [6.07, 6.45) is 0.458. The van der Waals surface area contributed by atoms with Crippen molar-refractivity contribution in [2.75, 3.05) is 11.9 Å². The smallest absolute Gasteiger partial charge is 0.338 e. The highest BCUT2D eigenvalue weighted by molar-refractivity contribution is 7.89. The number of fused-ring (bicyclic) bond motifs is 1. The maximum atomic E-state index is 13.3. The number of hydrogen-bond acceptors (Lipinski definition) is 5. The van der Waals surface area contributed by atoms with Gasteiger partial charge in [-0.3, -0.25) is 4.79 Å². The number of hydrogen-bond donors (Lipinski definition) is 1. The van der Waals surface area contributed by atoms with Gasteiger partial charge in [-0.1, -0.05) is 49.4 Å². The van der Waals surface area contributed by atoms with Gasteiger partial charge in [0.15, 0.2) is 6.10 Å². The molecule has 0 fully saturated rings. The molecule has 1 amide bonds. The molecule has 0 spiro atoms. The highest BCUT2D eigenvalue weighted by atomic mass is 32.2. The molecule has 1 N–H and O–H groups in total. The van der Waals surface area contributed by atoms with Crippen molar-refractivity contribution >= 4 is 27.6 Å². The van der Waals surface area contributed by atoms with Gasteiger partial charge in [0.2, 0.25) is 10.0 Å². The molecule has 0 unspecified atom stereocenters. The maximum absolute atomic E-state index is 13.3. The molecule has 1 aliphatic heterocycles. The molecule has 3 aromatic carbocycles. The third-order valence-electron chi connectivity index (χ3n) is 6.09. The van der Waals surface area contributed by atoms with E-state index >= 15 is 0 Å². The molecule has 3 aromatic rings. The summed E-state index contributed by atoms with van der Waals surface area (Å²) < 4.78 is 33.3. The second-order valence-electron chi connectivity index (χ2n) is 8.47. The monoisotopic (exact) mass is 492 g/mol. The molecular weight excluding hydrogens is 464 g/mol. The van der Waals surface area contributed by atoms with Gasteiger partial charge in [-0.2, -0.15) is 4.31 Å². The van der Waals surface area contributed by atoms with E-state index in [0.717, 1.165) is 23.1 Å². The first kappa shape index (κ1) is 24.6. The summed E-state index contributed by atoms with van der Waals surface area (Å²) in [4.78, 5) is 25.2. The second kappa shape index (κ2) is 10.4. The number of rotatable bonds is 7. The van der Waals surface area contributed by atoms with Crippen LogP contribution in [0.15, 0.2) is 77.7 Å². The first-order chi connectivity index (χ1) is 16.8. The van der Waals surface area contributed by atoms with E-state index in [-0.39, 0.29) is 17.0 Å². The second-order valence-corrected chi connectivity index (χ2v) is 10.4. The van der Waals surface area contributed by atoms with Crippen LogP contribution in [0.2, 0.25) is 0 Å². The van der Waals surface area contributed by atoms with Gasteiger partial charge in [-0.15, -0.1) is 0 Å². The molecule has 8 heteroatoms. The van der Waals surface area contributed by atoms with Gasteiger partial charge in [0, 0.05) is 18.8 Å². The summed E-state index contributed by atoms with van der Waals surface area (Å²) >= 11 is 0. The Morgan fingerprint density at radius 2 is 1.71 bits per heavy atom. The zero-order valence-corrected chi connectivity index (χ0v) is 20.5. The molecule has 35 heavy (non-hydrogen) atoms. The fourth-order valence-electron chi connectivity index (χ4n) is 3.96. The lowest BCUT2D eigenvalue weighted by Gasteiger charge is -2.28. The topological polar surface area (TPSA) is 92.8 Å². The normalized spacial score (nSPS) is 14.6. The van der Waals surface area contributed by atoms with E-state index in [9.17, 15) is 18.0 Å². The first-order valence-electron chi connectivity index (χ1n) is 11.6. The maximum Gasteiger partial charge on any atom is 0.338 e. The van der Waals surface area contributed by atoms with E-state index in [1.54, 1.807) is 12.1 Å². The van der Waals surface area contributed by atoms with Crippen LogP contribution in [0, 0.1) is 0 Å². The summed E-state index contributed by atoms with van der Waals surface area (Å²) in [7, 11) is -3.81. The molecule has 0 saturated heterocycles. The third-order valence-corrected chi connectivity index (χ3v) is 7.93. The fourth-order valence-corrected chi connectivity index (χ4v) is 5.42. The molecule has 1 heterocycles. The lowest BCUT2D eigenvalue weighted by molar-refractivity contribution is -0.123. The van der Waals surface area contributed by atoms with Crippen LogP contribution in [-0.4, -0.2) is 37.2 Å². The average Bonchev–Trinajstić information content (AvgIpc) is 2.88. The summed E-state index contributed by atoms with van der Waals surface area (Å²) in [5, 5.41) is 2.72. The fraction of sp³-hybridized carbons (Fsp3) is 0.259. The van der Waals surface area contributed by atoms with Crippen molar-refractivity contribution in [2.45, 2.75) is 44.2 Å². The van der Waals surface area contributed by atoms with Gasteiger partial charge in [-0.25, -0.2) is 13.2 Å². The number of carbonyl (C=O) groups is 2. The largest absolute Gasteiger partial charge is 0.449 e. The molecule has 7 nitrogen and oxygen atoms in total. The minimum absolute atomic E-state index is 0.0134. The number of aryl methyl sites for hydroxylation is 1. The Hall–Kier alpha value is -3.49. The van der Waals surface area contributed by atoms with Crippen molar-refractivity contribution in [1.29, 1.82) is 0 Å². The van der Waals surface area contributed by atoms with Crippen LogP contribution in [-0.2, 0) is 38.9 Å². The number of benzene rings is 3. The Bertz CT molecular complexity index is 1340. The molecular formula is C27H28N2O5S. The number of esters is 1. The van der Waals surface area contributed by atoms with E-state index in [1.165, 1.54) is 35.5 Å². The number of ether oxygens (including phenoxy) is 1. The molecule has 1 atom stereocenters. The van der Waals surface area contributed by atoms with Crippen LogP contribution in [0.3, 0.4) is 0 Å². The standard InChI is InChI=1S/C27H28N2O5S/c1-3-20-11-13-24(14-12-20)28-26(30)19(2)34-27(31)22-9-6-10-25(17-22)35(32,33)29-16-15-21-7-4-5-8-23(21)18-29/h4-14,17,19H,3,15-16,18H2,1-2H3,(H,28,30)/t19-/m0/s1. The van der Waals surface area contributed by atoms with Crippen molar-refractivity contribution in [1.82, 2.24) is 4.31 Å². The van der Waals surface area contributed by atoms with Gasteiger partial charge in [-0.05, 0) is 66.8 Å². The van der Waals surface area contributed by atoms with E-state index in [0.29, 0.717) is 18.7 Å². The van der Waals surface area contributed by atoms with Gasteiger partial charge < -0.3 is 10.1 Å². The Balaban J connectivity index is 1.43. The Morgan fingerprint density at radius 1 is 1.00 bits per heavy atom. The SMILES string of the molecule is CCc1ccc(NC(=O)[C@H](C)OC(=O)c2cccc(S(=O)(=O)N3CCc4ccccc4C3)c2)cc1. The van der Waals surface area contributed by atoms with E-state index < -0.39 is 28.0 Å². The van der Waals surface area contributed by atoms with E-state index in [4.69, 9.17) is 4.74 Å². The predicted molar refractivity (Wildman–Crippen MR) is 134 cm³/mol. The Labute approximate surface area is 205 Å². The van der Waals surface area contributed by atoms with Crippen molar-refractivity contribution in [2.24, 2.45) is 0 Å². The van der Waals surface area contributed by atoms with Gasteiger partial charge >= 0.3 is 5.97 Å². The number of nitrogens with zero attached hydrogens (tertiary/aromatic N) is 1. The van der Waals surface area contributed by atoms with Crippen LogP contribution >= 0.6 is 0 Å². The molecule has 0 radical (unpaired) electrons. The highest BCUT2D eigenvalue weighted by Gasteiger charge is 2.29. The van der Waals surface area contributed by atoms with Crippen LogP contribution in [0.1, 0.15) is 40.9 Å². The molecule has 0 saturated carbocycles. The number of carbonyl (C=O) groups excluding carboxylic acids is 2. The lowest BCUT2D eigenvalue weighted by atomic mass is 10.0. The van der Waals surface area contributed by atoms with E-state index in [2.05, 4.69) is 5.32 Å². The van der Waals surface area contributed by atoms with Gasteiger partial charge in [0.1, 0.15) is 0 Å². The van der Waals surface area contributed by atoms with Gasteiger partial charge in [0.25, 0.3) is 5.91 Å². The molecule has 0 aliphatic carbocycles. The van der Waals surface area contributed by atoms with Crippen molar-refractivity contribution < 1.29 is 22.7 Å². The number of amides is 1. The molecule has 1 aliphatic rings. The quantitative estimate of drug-likeness (QED) is 0.500. The van der Waals surface area contributed by atoms with Crippen LogP contribution in [0.25, 0.3) is 0 Å². The van der Waals surface area contributed by atoms with E-state index in [1.807, 2.05) is 43.3 Å². The Morgan fingerprint density at radius 3 is 2.43 bits per heavy atom. The van der Waals surface area contributed by atoms with Crippen LogP contribution in [0.4, 0.5) is 5.69 Å². The molecule has 4 rings (SSSR count). The lowest BCUT2D eigenvalue weighted by Crippen LogP contribution is -2.36. The third kappa shape index (κ3) is 5.61. The minimum Gasteiger partial charge on any atom is -0.449 e. The number of sulfonamides is 1. The van der Waals surface area contributed by atoms with Crippen molar-refractivity contribution in [3.63, 3.8) is 0 Å². The summed E-state index contributed by atoms with van der Waals surface area (Å²) in [5.41, 5.74) is 3.93. The molecule has 0 aromatic heterocycles. The van der Waals surface area contributed by atoms with Crippen LogP contribution in [0.5, 0.6) is 0 Å². The number of nitrogens with one attached hydrogen (secondary N) is 1. The first-order valence-corrected chi connectivity index (χ1v) is 13.0. The zero-order chi connectivity index (χ0) is 25.0. The summed E-state index contributed by atoms with van der Waals surface area (Å²) in [5.74, 6) is -1.24. The molecule has 182 valence electrons. The number of anilines is 1. The predicted octanol–water partition coefficient (Wildman–Crippen LogP) is 4.18. The van der Waals surface area contributed by atoms with Crippen molar-refractivity contribution in [3.8, 4) is 0 Å². The van der Waals surface area contributed by atoms with Crippen molar-refractivity contribution in [3.05, 3.63) is 95.1 Å². The zero-order valence-electron chi connectivity index (χ0n) is 19.7. The highest BCUT2D eigenvalue weighted by Crippen LogP contribution is 2.25. The molecule has 0 bridgehead atoms. The van der Waals surface area contributed by atoms with Crippen LogP contribution < -0.4 is 5.32 Å². The average molecular weight is 493 g/mol.